The number of hydrogen-bond acceptors (Lipinski definition) is 11. The molecule has 10 N–H and O–H groups in total. The molecule has 0 bridgehead atoms. The van der Waals surface area contributed by atoms with Gasteiger partial charge >= 0.3 is 18.2 Å². The fraction of sp³-hybridized carbons (Fsp3) is 0.392. The van der Waals surface area contributed by atoms with Gasteiger partial charge in [-0.1, -0.05) is 97.1 Å². The number of unbranched alkanes of at least 4 members (excludes halogenated alkanes) is 1. The summed E-state index contributed by atoms with van der Waals surface area (Å²) in [4.78, 5) is 90.5. The highest BCUT2D eigenvalue weighted by Gasteiger charge is 2.46. The molecule has 0 radical (unpaired) electrons. The lowest BCUT2D eigenvalue weighted by molar-refractivity contribution is -0.149. The second-order valence-electron chi connectivity index (χ2n) is 17.5. The van der Waals surface area contributed by atoms with E-state index in [0.717, 1.165) is 44.5 Å². The molecular weight excluding hydrogens is 885 g/mol. The van der Waals surface area contributed by atoms with E-state index in [2.05, 4.69) is 15.6 Å². The molecule has 0 spiro atoms. The van der Waals surface area contributed by atoms with E-state index in [1.54, 1.807) is 0 Å². The van der Waals surface area contributed by atoms with Crippen LogP contribution in [0, 0.1) is 0 Å². The number of benzene rings is 4. The summed E-state index contributed by atoms with van der Waals surface area (Å²) in [6, 6.07) is 24.9. The van der Waals surface area contributed by atoms with Crippen LogP contribution in [0.25, 0.3) is 22.3 Å². The topological polar surface area (TPSA) is 282 Å². The first-order valence-electron chi connectivity index (χ1n) is 23.4. The Labute approximate surface area is 400 Å². The average Bonchev–Trinajstić information content (AvgIpc) is 4.05. The zero-order chi connectivity index (χ0) is 49.2. The molecule has 0 unspecified atom stereocenters. The van der Waals surface area contributed by atoms with E-state index in [4.69, 9.17) is 26.7 Å². The molecule has 3 aliphatic rings. The Hall–Kier alpha value is -7.31. The van der Waals surface area contributed by atoms with Crippen molar-refractivity contribution in [3.8, 4) is 22.3 Å². The predicted molar refractivity (Wildman–Crippen MR) is 256 cm³/mol. The smallest absolute Gasteiger partial charge is 0.417 e. The first-order chi connectivity index (χ1) is 33.3. The Kier molecular flexibility index (Phi) is 16.3. The summed E-state index contributed by atoms with van der Waals surface area (Å²) in [5, 5.41) is 26.2. The largest absolute Gasteiger partial charge is 0.480 e. The number of aliphatic carboxylic acids is 1. The van der Waals surface area contributed by atoms with E-state index in [1.807, 2.05) is 97.1 Å². The number of carboxylic acids is 1. The minimum Gasteiger partial charge on any atom is -0.480 e. The molecule has 2 aliphatic carbocycles. The van der Waals surface area contributed by atoms with Crippen molar-refractivity contribution in [2.24, 2.45) is 22.2 Å². The maximum absolute atomic E-state index is 15.1. The van der Waals surface area contributed by atoms with Crippen LogP contribution in [0.1, 0.15) is 86.0 Å². The number of nitrogens with one attached hydrogen (secondary N) is 2. The number of nitrogens with zero attached hydrogens (tertiary/aromatic N) is 3. The van der Waals surface area contributed by atoms with Crippen molar-refractivity contribution in [3.05, 3.63) is 119 Å². The van der Waals surface area contributed by atoms with E-state index in [-0.39, 0.29) is 76.8 Å². The van der Waals surface area contributed by atoms with Gasteiger partial charge in [0.1, 0.15) is 37.4 Å². The highest BCUT2D eigenvalue weighted by molar-refractivity contribution is 6.02. The van der Waals surface area contributed by atoms with Gasteiger partial charge in [0.15, 0.2) is 5.96 Å². The number of alkyl carbamates (subject to hydrolysis) is 1. The second kappa shape index (κ2) is 22.7. The van der Waals surface area contributed by atoms with Crippen molar-refractivity contribution in [2.45, 2.75) is 94.0 Å². The van der Waals surface area contributed by atoms with E-state index in [9.17, 15) is 29.4 Å². The number of nitrogens with two attached hydrogens (primary N) is 3. The van der Waals surface area contributed by atoms with Crippen LogP contribution < -0.4 is 27.8 Å². The maximum Gasteiger partial charge on any atom is 0.417 e. The van der Waals surface area contributed by atoms with Gasteiger partial charge in [-0.2, -0.15) is 0 Å². The summed E-state index contributed by atoms with van der Waals surface area (Å²) >= 11 is 0. The van der Waals surface area contributed by atoms with Gasteiger partial charge in [-0.25, -0.2) is 19.3 Å². The quantitative estimate of drug-likeness (QED) is 0.0373. The van der Waals surface area contributed by atoms with Crippen molar-refractivity contribution in [3.63, 3.8) is 0 Å². The number of fused-ring (bicyclic) bond motifs is 6. The van der Waals surface area contributed by atoms with Crippen LogP contribution in [0.2, 0.25) is 0 Å². The number of carbonyl (C=O) groups is 6. The van der Waals surface area contributed by atoms with Crippen LogP contribution in [-0.4, -0.2) is 125 Å². The molecular formula is C51H60N8O10. The van der Waals surface area contributed by atoms with Crippen molar-refractivity contribution < 1.29 is 48.5 Å². The van der Waals surface area contributed by atoms with Gasteiger partial charge in [-0.15, -0.1) is 0 Å². The number of aliphatic imine (C=N–C) groups is 1. The number of carboxylic acid groups (broad SMARTS) is 1. The molecule has 4 aromatic carbocycles. The SMILES string of the molecule is C[C@@H](O)[C@H](NC(=O)OCC1c2ccccc2-c2ccccc21)C(=O)N(C(=O)OCC1c2ccccc2-c2ccccc21)[C@@H](CCCCN)C(=O)N1CCC[C@H]1C(=O)N[C@@H](CCCN=C(N)N)C(=O)O. The first kappa shape index (κ1) is 49.6. The fourth-order valence-corrected chi connectivity index (χ4v) is 9.71. The molecule has 5 atom stereocenters. The summed E-state index contributed by atoms with van der Waals surface area (Å²) in [7, 11) is 0. The van der Waals surface area contributed by atoms with Crippen LogP contribution in [0.3, 0.4) is 0 Å². The number of aliphatic hydroxyl groups is 1. The Morgan fingerprint density at radius 3 is 1.77 bits per heavy atom. The molecule has 18 heteroatoms. The molecule has 1 fully saturated rings. The van der Waals surface area contributed by atoms with Crippen LogP contribution in [0.15, 0.2) is 102 Å². The molecule has 1 heterocycles. The van der Waals surface area contributed by atoms with E-state index in [1.165, 1.54) is 11.8 Å². The number of guanidine groups is 1. The predicted octanol–water partition coefficient (Wildman–Crippen LogP) is 4.16. The van der Waals surface area contributed by atoms with E-state index >= 15 is 9.59 Å². The van der Waals surface area contributed by atoms with Crippen LogP contribution in [0.4, 0.5) is 9.59 Å². The van der Waals surface area contributed by atoms with Crippen LogP contribution >= 0.6 is 0 Å². The third-order valence-electron chi connectivity index (χ3n) is 13.1. The Bertz CT molecular complexity index is 2470. The number of carbonyl (C=O) groups excluding carboxylic acids is 5. The number of rotatable bonds is 20. The number of amides is 5. The molecule has 0 aromatic heterocycles. The van der Waals surface area contributed by atoms with Gasteiger partial charge < -0.3 is 52.4 Å². The summed E-state index contributed by atoms with van der Waals surface area (Å²) in [5.41, 5.74) is 24.3. The summed E-state index contributed by atoms with van der Waals surface area (Å²) < 4.78 is 11.8. The third kappa shape index (κ3) is 11.2. The van der Waals surface area contributed by atoms with E-state index in [0.29, 0.717) is 17.7 Å². The highest BCUT2D eigenvalue weighted by Crippen LogP contribution is 2.46. The summed E-state index contributed by atoms with van der Waals surface area (Å²) in [6.45, 7) is 1.28. The summed E-state index contributed by atoms with van der Waals surface area (Å²) in [5.74, 6) is -4.93. The maximum atomic E-state index is 15.1. The molecule has 18 nitrogen and oxygen atoms in total. The number of likely N-dealkylation sites (tertiary alicyclic amines) is 1. The number of imide groups is 1. The molecule has 69 heavy (non-hydrogen) atoms. The summed E-state index contributed by atoms with van der Waals surface area (Å²) in [6.07, 6.45) is -2.67. The monoisotopic (exact) mass is 944 g/mol. The molecule has 7 rings (SSSR count). The van der Waals surface area contributed by atoms with Crippen molar-refractivity contribution in [1.29, 1.82) is 0 Å². The lowest BCUT2D eigenvalue weighted by Crippen LogP contribution is -2.62. The van der Waals surface area contributed by atoms with E-state index < -0.39 is 72.1 Å². The lowest BCUT2D eigenvalue weighted by Gasteiger charge is -2.36. The molecule has 0 saturated carbocycles. The van der Waals surface area contributed by atoms with Gasteiger partial charge in [0.2, 0.25) is 11.8 Å². The average molecular weight is 945 g/mol. The molecule has 1 saturated heterocycles. The standard InChI is InChI=1S/C51H60N8O10/c1-30(60)44(57-50(66)68-28-39-35-18-6-2-14-31(35)32-15-3-7-19-36(32)39)47(63)59(51(67)69-29-40-37-20-8-4-16-33(37)34-17-5-9-21-38(34)40)43(23-10-11-25-52)46(62)58-27-13-24-42(58)45(61)56-41(48(64)65)22-12-26-55-49(53)54/h2-9,14-21,30,39-44,60H,10-13,22-29,52H2,1H3,(H,56,61)(H,57,66)(H,64,65)(H4,53,54,55)/t30-,41+,42+,43+,44+/m1/s1. The van der Waals surface area contributed by atoms with Gasteiger partial charge in [-0.3, -0.25) is 19.4 Å². The Balaban J connectivity index is 1.16. The zero-order valence-corrected chi connectivity index (χ0v) is 38.5. The molecule has 4 aromatic rings. The number of hydrogen-bond donors (Lipinski definition) is 7. The van der Waals surface area contributed by atoms with Crippen LogP contribution in [0.5, 0.6) is 0 Å². The molecule has 5 amide bonds. The van der Waals surface area contributed by atoms with Gasteiger partial charge in [0.05, 0.1) is 6.10 Å². The zero-order valence-electron chi connectivity index (χ0n) is 38.5. The fourth-order valence-electron chi connectivity index (χ4n) is 9.71. The molecule has 364 valence electrons. The normalized spacial score (nSPS) is 16.4. The van der Waals surface area contributed by atoms with Crippen molar-refractivity contribution >= 4 is 41.8 Å². The minimum atomic E-state index is -1.82. The van der Waals surface area contributed by atoms with Gasteiger partial charge in [0.25, 0.3) is 5.91 Å². The number of aliphatic hydroxyl groups excluding tert-OH is 1. The molecule has 1 aliphatic heterocycles. The second-order valence-corrected chi connectivity index (χ2v) is 17.5. The van der Waals surface area contributed by atoms with Crippen molar-refractivity contribution in [1.82, 2.24) is 20.4 Å². The first-order valence-corrected chi connectivity index (χ1v) is 23.4. The van der Waals surface area contributed by atoms with Crippen LogP contribution in [-0.2, 0) is 28.7 Å². The Morgan fingerprint density at radius 1 is 0.754 bits per heavy atom. The lowest BCUT2D eigenvalue weighted by atomic mass is 9.98. The number of ether oxygens (including phenoxy) is 2. The Morgan fingerprint density at radius 2 is 1.28 bits per heavy atom. The third-order valence-corrected chi connectivity index (χ3v) is 13.1. The van der Waals surface area contributed by atoms with Gasteiger partial charge in [-0.05, 0) is 103 Å². The van der Waals surface area contributed by atoms with Gasteiger partial charge in [0, 0.05) is 24.9 Å². The minimum absolute atomic E-state index is 0.0122. The van der Waals surface area contributed by atoms with Crippen molar-refractivity contribution in [2.75, 3.05) is 32.8 Å². The highest BCUT2D eigenvalue weighted by atomic mass is 16.6.